The Morgan fingerprint density at radius 1 is 1.00 bits per heavy atom. The fraction of sp³-hybridized carbons (Fsp3) is 0.500. The van der Waals surface area contributed by atoms with Gasteiger partial charge < -0.3 is 37.5 Å². The number of amides is 4. The largest absolute Gasteiger partial charge is 0.480 e. The molecule has 0 radical (unpaired) electrons. The summed E-state index contributed by atoms with van der Waals surface area (Å²) in [6, 6.07) is -4.99. The minimum Gasteiger partial charge on any atom is -0.480 e. The van der Waals surface area contributed by atoms with Crippen LogP contribution >= 0.6 is 25.3 Å². The van der Waals surface area contributed by atoms with E-state index in [4.69, 9.17) is 11.5 Å². The number of aromatic amines is 1. The third kappa shape index (κ3) is 8.85. The first-order chi connectivity index (χ1) is 14.6. The summed E-state index contributed by atoms with van der Waals surface area (Å²) in [5.41, 5.74) is 11.1. The van der Waals surface area contributed by atoms with Gasteiger partial charge in [-0.25, -0.2) is 9.78 Å². The first-order valence-corrected chi connectivity index (χ1v) is 10.2. The molecule has 0 aromatic carbocycles. The first kappa shape index (κ1) is 26.3. The molecule has 0 saturated carbocycles. The molecular formula is C16H25N7O6S2. The van der Waals surface area contributed by atoms with Gasteiger partial charge in [-0.2, -0.15) is 25.3 Å². The monoisotopic (exact) mass is 475 g/mol. The van der Waals surface area contributed by atoms with Gasteiger partial charge in [0.1, 0.15) is 18.1 Å². The van der Waals surface area contributed by atoms with E-state index in [-0.39, 0.29) is 17.9 Å². The Balaban J connectivity index is 2.88. The standard InChI is InChI=1S/C16H25N7O6S2/c17-8(4-30)13(25)23-11(5-31)15(27)21-9(2-12(18)24)14(26)22-10(16(28)29)1-7-3-19-6-20-7/h3,6,8-11,30-31H,1-2,4-5,17H2,(H2,18,24)(H,19,20)(H,21,27)(H,22,26)(H,23,25)(H,28,29). The number of thiol groups is 2. The molecule has 15 heteroatoms. The van der Waals surface area contributed by atoms with Crippen molar-refractivity contribution in [2.75, 3.05) is 11.5 Å². The highest BCUT2D eigenvalue weighted by Crippen LogP contribution is 2.02. The molecule has 1 aromatic rings. The summed E-state index contributed by atoms with van der Waals surface area (Å²) in [5, 5.41) is 16.2. The molecule has 0 spiro atoms. The third-order valence-corrected chi connectivity index (χ3v) is 4.74. The average molecular weight is 476 g/mol. The van der Waals surface area contributed by atoms with Gasteiger partial charge in [-0.05, 0) is 0 Å². The van der Waals surface area contributed by atoms with Crippen LogP contribution in [0.1, 0.15) is 12.1 Å². The number of primary amides is 1. The summed E-state index contributed by atoms with van der Waals surface area (Å²) < 4.78 is 0. The van der Waals surface area contributed by atoms with Crippen LogP contribution in [-0.2, 0) is 30.4 Å². The van der Waals surface area contributed by atoms with Crippen molar-refractivity contribution >= 4 is 54.9 Å². The van der Waals surface area contributed by atoms with E-state index < -0.39 is 60.2 Å². The summed E-state index contributed by atoms with van der Waals surface area (Å²) in [6.45, 7) is 0. The number of rotatable bonds is 13. The minimum atomic E-state index is -1.48. The van der Waals surface area contributed by atoms with Crippen molar-refractivity contribution in [1.82, 2.24) is 25.9 Å². The summed E-state index contributed by atoms with van der Waals surface area (Å²) in [4.78, 5) is 66.3. The molecule has 0 saturated heterocycles. The van der Waals surface area contributed by atoms with E-state index in [9.17, 15) is 29.1 Å². The van der Waals surface area contributed by atoms with Gasteiger partial charge in [0.25, 0.3) is 0 Å². The molecular weight excluding hydrogens is 450 g/mol. The maximum absolute atomic E-state index is 12.6. The number of carbonyl (C=O) groups is 5. The molecule has 13 nitrogen and oxygen atoms in total. The molecule has 4 atom stereocenters. The fourth-order valence-corrected chi connectivity index (χ4v) is 2.75. The van der Waals surface area contributed by atoms with E-state index >= 15 is 0 Å². The zero-order valence-electron chi connectivity index (χ0n) is 16.3. The Bertz CT molecular complexity index is 791. The van der Waals surface area contributed by atoms with Crippen LogP contribution in [-0.4, -0.2) is 80.3 Å². The van der Waals surface area contributed by atoms with Crippen LogP contribution in [0.4, 0.5) is 0 Å². The molecule has 0 bridgehead atoms. The highest BCUT2D eigenvalue weighted by molar-refractivity contribution is 7.80. The molecule has 0 fully saturated rings. The van der Waals surface area contributed by atoms with E-state index in [1.54, 1.807) is 0 Å². The van der Waals surface area contributed by atoms with Gasteiger partial charge in [-0.1, -0.05) is 0 Å². The zero-order chi connectivity index (χ0) is 23.6. The number of nitrogens with two attached hydrogens (primary N) is 2. The van der Waals surface area contributed by atoms with Crippen molar-refractivity contribution < 1.29 is 29.1 Å². The number of carboxylic acids is 1. The lowest BCUT2D eigenvalue weighted by Gasteiger charge is -2.23. The predicted molar refractivity (Wildman–Crippen MR) is 115 cm³/mol. The van der Waals surface area contributed by atoms with E-state index in [2.05, 4.69) is 51.2 Å². The van der Waals surface area contributed by atoms with Crippen LogP contribution in [0, 0.1) is 0 Å². The van der Waals surface area contributed by atoms with Gasteiger partial charge >= 0.3 is 5.97 Å². The Hall–Kier alpha value is -2.78. The maximum Gasteiger partial charge on any atom is 0.326 e. The van der Waals surface area contributed by atoms with E-state index in [0.29, 0.717) is 5.69 Å². The van der Waals surface area contributed by atoms with Gasteiger partial charge in [0, 0.05) is 29.8 Å². The summed E-state index contributed by atoms with van der Waals surface area (Å²) >= 11 is 7.88. The Labute approximate surface area is 188 Å². The second kappa shape index (κ2) is 12.8. The fourth-order valence-electron chi connectivity index (χ4n) is 2.33. The number of imidazole rings is 1. The van der Waals surface area contributed by atoms with Crippen LogP contribution in [0.3, 0.4) is 0 Å². The number of hydrogen-bond donors (Lipinski definition) is 9. The average Bonchev–Trinajstić information content (AvgIpc) is 3.22. The van der Waals surface area contributed by atoms with Crippen LogP contribution < -0.4 is 27.4 Å². The number of aromatic nitrogens is 2. The van der Waals surface area contributed by atoms with Crippen molar-refractivity contribution in [3.8, 4) is 0 Å². The summed E-state index contributed by atoms with van der Waals surface area (Å²) in [7, 11) is 0. The maximum atomic E-state index is 12.6. The number of H-pyrrole nitrogens is 1. The molecule has 0 aliphatic rings. The lowest BCUT2D eigenvalue weighted by atomic mass is 10.1. The summed E-state index contributed by atoms with van der Waals surface area (Å²) in [6.07, 6.45) is 2.02. The van der Waals surface area contributed by atoms with Crippen LogP contribution in [0.15, 0.2) is 12.5 Å². The Morgan fingerprint density at radius 2 is 1.58 bits per heavy atom. The number of nitrogens with zero attached hydrogens (tertiary/aromatic N) is 1. The smallest absolute Gasteiger partial charge is 0.326 e. The van der Waals surface area contributed by atoms with Crippen molar-refractivity contribution in [2.24, 2.45) is 11.5 Å². The lowest BCUT2D eigenvalue weighted by Crippen LogP contribution is -2.58. The highest BCUT2D eigenvalue weighted by atomic mass is 32.1. The predicted octanol–water partition coefficient (Wildman–Crippen LogP) is -3.45. The lowest BCUT2D eigenvalue weighted by molar-refractivity contribution is -0.142. The molecule has 4 amide bonds. The van der Waals surface area contributed by atoms with E-state index in [0.717, 1.165) is 0 Å². The van der Waals surface area contributed by atoms with Crippen molar-refractivity contribution in [3.63, 3.8) is 0 Å². The molecule has 1 aromatic heterocycles. The van der Waals surface area contributed by atoms with Crippen LogP contribution in [0.2, 0.25) is 0 Å². The van der Waals surface area contributed by atoms with Gasteiger partial charge in [0.05, 0.1) is 18.8 Å². The third-order valence-electron chi connectivity index (χ3n) is 3.98. The molecule has 0 aliphatic heterocycles. The summed E-state index contributed by atoms with van der Waals surface area (Å²) in [5.74, 6) is -4.80. The molecule has 0 aliphatic carbocycles. The van der Waals surface area contributed by atoms with Gasteiger partial charge in [0.2, 0.25) is 23.6 Å². The van der Waals surface area contributed by atoms with Crippen molar-refractivity contribution in [2.45, 2.75) is 37.0 Å². The normalized spacial score (nSPS) is 14.5. The molecule has 1 heterocycles. The Kier molecular flexibility index (Phi) is 10.8. The highest BCUT2D eigenvalue weighted by Gasteiger charge is 2.31. The zero-order valence-corrected chi connectivity index (χ0v) is 18.1. The van der Waals surface area contributed by atoms with Crippen molar-refractivity contribution in [3.05, 3.63) is 18.2 Å². The number of nitrogens with one attached hydrogen (secondary N) is 4. The number of carbonyl (C=O) groups excluding carboxylic acids is 4. The van der Waals surface area contributed by atoms with Crippen molar-refractivity contribution in [1.29, 1.82) is 0 Å². The van der Waals surface area contributed by atoms with E-state index in [1.807, 2.05) is 0 Å². The topological polar surface area (TPSA) is 222 Å². The van der Waals surface area contributed by atoms with Gasteiger partial charge in [-0.15, -0.1) is 0 Å². The minimum absolute atomic E-state index is 0.0341. The second-order valence-corrected chi connectivity index (χ2v) is 7.18. The number of aliphatic carboxylic acids is 1. The molecule has 31 heavy (non-hydrogen) atoms. The van der Waals surface area contributed by atoms with Crippen LogP contribution in [0.25, 0.3) is 0 Å². The molecule has 4 unspecified atom stereocenters. The molecule has 172 valence electrons. The number of hydrogen-bond acceptors (Lipinski definition) is 9. The number of carboxylic acid groups (broad SMARTS) is 1. The SMILES string of the molecule is NC(=O)CC(NC(=O)C(CS)NC(=O)C(N)CS)C(=O)NC(Cc1cnc[nH]1)C(=O)O. The van der Waals surface area contributed by atoms with Gasteiger partial charge in [0.15, 0.2) is 0 Å². The Morgan fingerprint density at radius 3 is 2.06 bits per heavy atom. The second-order valence-electron chi connectivity index (χ2n) is 6.44. The van der Waals surface area contributed by atoms with Crippen LogP contribution in [0.5, 0.6) is 0 Å². The molecule has 1 rings (SSSR count). The first-order valence-electron chi connectivity index (χ1n) is 8.95. The van der Waals surface area contributed by atoms with E-state index in [1.165, 1.54) is 12.5 Å². The molecule has 9 N–H and O–H groups in total. The van der Waals surface area contributed by atoms with Gasteiger partial charge in [-0.3, -0.25) is 19.2 Å². The quantitative estimate of drug-likeness (QED) is 0.130.